The summed E-state index contributed by atoms with van der Waals surface area (Å²) in [5.41, 5.74) is 5.91. The van der Waals surface area contributed by atoms with Gasteiger partial charge >= 0.3 is 0 Å². The van der Waals surface area contributed by atoms with Crippen molar-refractivity contribution in [1.82, 2.24) is 0 Å². The standard InChI is InChI=1S/C11H12F2N2/c1-2-7(6-14)11(15)9-4-3-8(12)5-10(9)13/h3-5,7,11H,2,15H2,1H3. The van der Waals surface area contributed by atoms with Crippen LogP contribution >= 0.6 is 0 Å². The zero-order valence-electron chi connectivity index (χ0n) is 8.37. The molecule has 0 aliphatic heterocycles. The Hall–Kier alpha value is -1.47. The van der Waals surface area contributed by atoms with Crippen LogP contribution in [0.1, 0.15) is 24.9 Å². The van der Waals surface area contributed by atoms with E-state index >= 15 is 0 Å². The van der Waals surface area contributed by atoms with Crippen molar-refractivity contribution in [2.24, 2.45) is 11.7 Å². The second-order valence-electron chi connectivity index (χ2n) is 3.34. The number of halogens is 2. The molecule has 2 N–H and O–H groups in total. The smallest absolute Gasteiger partial charge is 0.130 e. The van der Waals surface area contributed by atoms with E-state index in [0.717, 1.165) is 12.1 Å². The molecule has 1 aromatic rings. The van der Waals surface area contributed by atoms with Crippen LogP contribution in [0.4, 0.5) is 8.78 Å². The van der Waals surface area contributed by atoms with Gasteiger partial charge in [-0.2, -0.15) is 5.26 Å². The molecule has 0 aliphatic rings. The average molecular weight is 210 g/mol. The topological polar surface area (TPSA) is 49.8 Å². The lowest BCUT2D eigenvalue weighted by molar-refractivity contribution is 0.484. The predicted octanol–water partition coefficient (Wildman–Crippen LogP) is 2.51. The highest BCUT2D eigenvalue weighted by atomic mass is 19.1. The van der Waals surface area contributed by atoms with Crippen molar-refractivity contribution in [2.75, 3.05) is 0 Å². The summed E-state index contributed by atoms with van der Waals surface area (Å²) in [6.07, 6.45) is 0.536. The largest absolute Gasteiger partial charge is 0.323 e. The Labute approximate surface area is 87.3 Å². The lowest BCUT2D eigenvalue weighted by Crippen LogP contribution is -2.21. The van der Waals surface area contributed by atoms with Crippen LogP contribution < -0.4 is 5.73 Å². The monoisotopic (exact) mass is 210 g/mol. The molecule has 80 valence electrons. The third kappa shape index (κ3) is 2.51. The Balaban J connectivity index is 3.01. The summed E-state index contributed by atoms with van der Waals surface area (Å²) in [5.74, 6) is -1.80. The van der Waals surface area contributed by atoms with E-state index < -0.39 is 23.6 Å². The summed E-state index contributed by atoms with van der Waals surface area (Å²) in [4.78, 5) is 0. The minimum absolute atomic E-state index is 0.185. The van der Waals surface area contributed by atoms with Crippen molar-refractivity contribution >= 4 is 0 Å². The zero-order chi connectivity index (χ0) is 11.4. The van der Waals surface area contributed by atoms with Crippen molar-refractivity contribution in [1.29, 1.82) is 5.26 Å². The molecular formula is C11H12F2N2. The third-order valence-corrected chi connectivity index (χ3v) is 2.36. The van der Waals surface area contributed by atoms with Gasteiger partial charge in [-0.1, -0.05) is 13.0 Å². The maximum Gasteiger partial charge on any atom is 0.130 e. The number of benzene rings is 1. The SMILES string of the molecule is CCC(C#N)C(N)c1ccc(F)cc1F. The molecule has 2 unspecified atom stereocenters. The van der Waals surface area contributed by atoms with Crippen molar-refractivity contribution < 1.29 is 8.78 Å². The number of nitriles is 1. The number of rotatable bonds is 3. The van der Waals surface area contributed by atoms with Gasteiger partial charge in [0.05, 0.1) is 12.0 Å². The summed E-state index contributed by atoms with van der Waals surface area (Å²) in [7, 11) is 0. The fraction of sp³-hybridized carbons (Fsp3) is 0.364. The molecule has 0 radical (unpaired) electrons. The summed E-state index contributed by atoms with van der Waals surface area (Å²) in [6, 6.07) is 4.50. The van der Waals surface area contributed by atoms with Gasteiger partial charge in [-0.05, 0) is 12.5 Å². The molecule has 0 aliphatic carbocycles. The molecule has 15 heavy (non-hydrogen) atoms. The van der Waals surface area contributed by atoms with E-state index in [1.54, 1.807) is 6.92 Å². The van der Waals surface area contributed by atoms with E-state index in [-0.39, 0.29) is 5.56 Å². The van der Waals surface area contributed by atoms with E-state index in [2.05, 4.69) is 0 Å². The van der Waals surface area contributed by atoms with Crippen LogP contribution in [0, 0.1) is 28.9 Å². The molecule has 0 spiro atoms. The number of nitrogens with zero attached hydrogens (tertiary/aromatic N) is 1. The molecular weight excluding hydrogens is 198 g/mol. The first-order chi connectivity index (χ1) is 7.10. The van der Waals surface area contributed by atoms with Crippen LogP contribution in [0.3, 0.4) is 0 Å². The molecule has 0 saturated carbocycles. The van der Waals surface area contributed by atoms with Crippen LogP contribution in [-0.4, -0.2) is 0 Å². The van der Waals surface area contributed by atoms with Gasteiger partial charge in [0.1, 0.15) is 11.6 Å². The van der Waals surface area contributed by atoms with E-state index in [1.807, 2.05) is 6.07 Å². The fourth-order valence-corrected chi connectivity index (χ4v) is 1.41. The molecule has 1 rings (SSSR count). The van der Waals surface area contributed by atoms with Crippen LogP contribution in [0.5, 0.6) is 0 Å². The van der Waals surface area contributed by atoms with Crippen molar-refractivity contribution in [3.8, 4) is 6.07 Å². The quantitative estimate of drug-likeness (QED) is 0.833. The highest BCUT2D eigenvalue weighted by molar-refractivity contribution is 5.23. The summed E-state index contributed by atoms with van der Waals surface area (Å²) < 4.78 is 25.9. The first kappa shape index (κ1) is 11.6. The lowest BCUT2D eigenvalue weighted by Gasteiger charge is -2.16. The van der Waals surface area contributed by atoms with E-state index in [9.17, 15) is 8.78 Å². The molecule has 0 aromatic heterocycles. The number of hydrogen-bond donors (Lipinski definition) is 1. The molecule has 4 heteroatoms. The Bertz CT molecular complexity index is 385. The van der Waals surface area contributed by atoms with E-state index in [1.165, 1.54) is 6.07 Å². The molecule has 0 saturated heterocycles. The lowest BCUT2D eigenvalue weighted by atomic mass is 9.92. The van der Waals surface area contributed by atoms with E-state index in [4.69, 9.17) is 11.0 Å². The second kappa shape index (κ2) is 4.85. The zero-order valence-corrected chi connectivity index (χ0v) is 8.37. The minimum Gasteiger partial charge on any atom is -0.323 e. The Morgan fingerprint density at radius 3 is 2.60 bits per heavy atom. The Morgan fingerprint density at radius 2 is 2.13 bits per heavy atom. The van der Waals surface area contributed by atoms with Crippen molar-refractivity contribution in [3.63, 3.8) is 0 Å². The summed E-state index contributed by atoms with van der Waals surface area (Å²) in [6.45, 7) is 1.80. The predicted molar refractivity (Wildman–Crippen MR) is 52.7 cm³/mol. The summed E-state index contributed by atoms with van der Waals surface area (Å²) in [5, 5.41) is 8.78. The van der Waals surface area contributed by atoms with Crippen LogP contribution in [-0.2, 0) is 0 Å². The molecule has 2 atom stereocenters. The minimum atomic E-state index is -0.708. The first-order valence-electron chi connectivity index (χ1n) is 4.70. The van der Waals surface area contributed by atoms with Gasteiger partial charge in [0, 0.05) is 17.7 Å². The van der Waals surface area contributed by atoms with Gasteiger partial charge < -0.3 is 5.73 Å². The maximum atomic E-state index is 13.3. The van der Waals surface area contributed by atoms with Crippen LogP contribution in [0.2, 0.25) is 0 Å². The Morgan fingerprint density at radius 1 is 1.47 bits per heavy atom. The maximum absolute atomic E-state index is 13.3. The average Bonchev–Trinajstić information content (AvgIpc) is 2.19. The molecule has 1 aromatic carbocycles. The van der Waals surface area contributed by atoms with Gasteiger partial charge in [0.2, 0.25) is 0 Å². The van der Waals surface area contributed by atoms with Gasteiger partial charge in [0.25, 0.3) is 0 Å². The first-order valence-corrected chi connectivity index (χ1v) is 4.70. The van der Waals surface area contributed by atoms with Crippen molar-refractivity contribution in [2.45, 2.75) is 19.4 Å². The molecule has 0 bridgehead atoms. The van der Waals surface area contributed by atoms with Gasteiger partial charge in [-0.3, -0.25) is 0 Å². The van der Waals surface area contributed by atoms with Gasteiger partial charge in [-0.25, -0.2) is 8.78 Å². The molecule has 0 fully saturated rings. The van der Waals surface area contributed by atoms with Crippen LogP contribution in [0.25, 0.3) is 0 Å². The fourth-order valence-electron chi connectivity index (χ4n) is 1.41. The second-order valence-corrected chi connectivity index (χ2v) is 3.34. The van der Waals surface area contributed by atoms with E-state index in [0.29, 0.717) is 6.42 Å². The highest BCUT2D eigenvalue weighted by Gasteiger charge is 2.20. The Kier molecular flexibility index (Phi) is 3.75. The third-order valence-electron chi connectivity index (χ3n) is 2.36. The molecule has 0 amide bonds. The van der Waals surface area contributed by atoms with Crippen molar-refractivity contribution in [3.05, 3.63) is 35.4 Å². The molecule has 2 nitrogen and oxygen atoms in total. The number of nitrogens with two attached hydrogens (primary N) is 1. The van der Waals surface area contributed by atoms with Gasteiger partial charge in [0.15, 0.2) is 0 Å². The highest BCUT2D eigenvalue weighted by Crippen LogP contribution is 2.24. The van der Waals surface area contributed by atoms with Crippen LogP contribution in [0.15, 0.2) is 18.2 Å². The normalized spacial score (nSPS) is 14.3. The molecule has 0 heterocycles. The summed E-state index contributed by atoms with van der Waals surface area (Å²) >= 11 is 0. The van der Waals surface area contributed by atoms with Gasteiger partial charge in [-0.15, -0.1) is 0 Å². The number of hydrogen-bond acceptors (Lipinski definition) is 2.